The molecule has 2 heterocycles. The first kappa shape index (κ1) is 11.1. The number of thiazole rings is 1. The number of carbonyl (C=O) groups excluding carboxylic acids is 2. The number of anilines is 1. The minimum Gasteiger partial charge on any atom is -0.854 e. The number of hydrogen-bond acceptors (Lipinski definition) is 6. The van der Waals surface area contributed by atoms with E-state index in [-0.39, 0.29) is 12.3 Å². The molecule has 1 aliphatic rings. The molecule has 0 spiro atoms. The van der Waals surface area contributed by atoms with E-state index in [1.54, 1.807) is 11.6 Å². The molecular formula is C8H6N3O3S2-. The van der Waals surface area contributed by atoms with Crippen molar-refractivity contribution < 1.29 is 14.7 Å². The van der Waals surface area contributed by atoms with E-state index in [0.717, 1.165) is 11.8 Å². The summed E-state index contributed by atoms with van der Waals surface area (Å²) in [7, 11) is 0. The normalized spacial score (nSPS) is 19.6. The molecule has 6 nitrogen and oxygen atoms in total. The third-order valence-corrected chi connectivity index (χ3v) is 3.40. The van der Waals surface area contributed by atoms with Gasteiger partial charge < -0.3 is 10.4 Å². The number of hydrogen-bond donors (Lipinski definition) is 1. The second-order valence-corrected chi connectivity index (χ2v) is 4.96. The third kappa shape index (κ3) is 2.58. The third-order valence-electron chi connectivity index (χ3n) is 1.77. The van der Waals surface area contributed by atoms with Crippen LogP contribution in [0.5, 0.6) is 0 Å². The van der Waals surface area contributed by atoms with E-state index >= 15 is 0 Å². The Kier molecular flexibility index (Phi) is 3.20. The molecule has 1 atom stereocenters. The quantitative estimate of drug-likeness (QED) is 0.810. The Morgan fingerprint density at radius 3 is 3.00 bits per heavy atom. The van der Waals surface area contributed by atoms with Crippen molar-refractivity contribution in [2.24, 2.45) is 4.99 Å². The molecule has 0 bridgehead atoms. The van der Waals surface area contributed by atoms with Crippen LogP contribution in [0, 0.1) is 0 Å². The van der Waals surface area contributed by atoms with Crippen LogP contribution in [0.15, 0.2) is 16.6 Å². The summed E-state index contributed by atoms with van der Waals surface area (Å²) in [6.07, 6.45) is 1.51. The lowest BCUT2D eigenvalue weighted by molar-refractivity contribution is -0.205. The van der Waals surface area contributed by atoms with Crippen LogP contribution in [0.4, 0.5) is 5.13 Å². The van der Waals surface area contributed by atoms with Gasteiger partial charge in [0.2, 0.25) is 5.91 Å². The molecule has 84 valence electrons. The van der Waals surface area contributed by atoms with Crippen LogP contribution in [0.3, 0.4) is 0 Å². The van der Waals surface area contributed by atoms with Crippen molar-refractivity contribution >= 4 is 45.3 Å². The summed E-state index contributed by atoms with van der Waals surface area (Å²) in [5.41, 5.74) is 0. The SMILES string of the molecule is O=C(C[C@H]1SC([O-])=NC1=O)Nc1nccs1. The standard InChI is InChI=1S/C8H7N3O3S2/c12-5(10-7-9-1-2-15-7)3-4-6(13)11-8(14)16-4/h1-2,4H,3H2,(H,9,10,12)(H,11,13,14)/p-1/t4-/m1/s1. The maximum Gasteiger partial charge on any atom is 0.259 e. The molecule has 1 aliphatic heterocycles. The number of nitrogens with one attached hydrogen (secondary N) is 1. The summed E-state index contributed by atoms with van der Waals surface area (Å²) in [5.74, 6) is -0.880. The number of aromatic nitrogens is 1. The highest BCUT2D eigenvalue weighted by atomic mass is 32.2. The fraction of sp³-hybridized carbons (Fsp3) is 0.250. The van der Waals surface area contributed by atoms with E-state index in [1.807, 2.05) is 0 Å². The van der Waals surface area contributed by atoms with E-state index in [1.165, 1.54) is 11.3 Å². The fourth-order valence-corrected chi connectivity index (χ4v) is 2.43. The predicted molar refractivity (Wildman–Crippen MR) is 59.2 cm³/mol. The second-order valence-electron chi connectivity index (χ2n) is 2.91. The fourth-order valence-electron chi connectivity index (χ4n) is 1.11. The number of rotatable bonds is 3. The van der Waals surface area contributed by atoms with Gasteiger partial charge in [0, 0.05) is 23.2 Å². The van der Waals surface area contributed by atoms with E-state index in [4.69, 9.17) is 0 Å². The summed E-state index contributed by atoms with van der Waals surface area (Å²) < 4.78 is 0. The van der Waals surface area contributed by atoms with Gasteiger partial charge in [0.05, 0.1) is 5.25 Å². The number of carbonyl (C=O) groups is 2. The van der Waals surface area contributed by atoms with Crippen LogP contribution in [0.1, 0.15) is 6.42 Å². The Labute approximate surface area is 98.8 Å². The van der Waals surface area contributed by atoms with E-state index in [0.29, 0.717) is 5.13 Å². The van der Waals surface area contributed by atoms with Crippen molar-refractivity contribution in [3.05, 3.63) is 11.6 Å². The van der Waals surface area contributed by atoms with Crippen LogP contribution >= 0.6 is 23.1 Å². The lowest BCUT2D eigenvalue weighted by atomic mass is 10.3. The van der Waals surface area contributed by atoms with Crippen molar-refractivity contribution in [3.8, 4) is 0 Å². The summed E-state index contributed by atoms with van der Waals surface area (Å²) in [4.78, 5) is 29.7. The van der Waals surface area contributed by atoms with Crippen molar-refractivity contribution in [3.63, 3.8) is 0 Å². The summed E-state index contributed by atoms with van der Waals surface area (Å²) in [6, 6.07) is 0. The number of amides is 2. The topological polar surface area (TPSA) is 94.5 Å². The molecule has 0 saturated carbocycles. The van der Waals surface area contributed by atoms with Crippen LogP contribution in [0.25, 0.3) is 0 Å². The molecule has 0 fully saturated rings. The van der Waals surface area contributed by atoms with Gasteiger partial charge in [0.25, 0.3) is 5.91 Å². The van der Waals surface area contributed by atoms with Gasteiger partial charge in [-0.1, -0.05) is 0 Å². The Hall–Kier alpha value is -1.41. The molecule has 2 rings (SSSR count). The minimum atomic E-state index is -0.688. The largest absolute Gasteiger partial charge is 0.854 e. The Morgan fingerprint density at radius 2 is 2.44 bits per heavy atom. The van der Waals surface area contributed by atoms with Gasteiger partial charge in [-0.15, -0.1) is 23.1 Å². The van der Waals surface area contributed by atoms with E-state index < -0.39 is 16.4 Å². The molecule has 1 aromatic heterocycles. The van der Waals surface area contributed by atoms with E-state index in [9.17, 15) is 14.7 Å². The molecule has 16 heavy (non-hydrogen) atoms. The second kappa shape index (κ2) is 4.62. The zero-order valence-corrected chi connectivity index (χ0v) is 9.51. The highest BCUT2D eigenvalue weighted by Gasteiger charge is 2.26. The van der Waals surface area contributed by atoms with Crippen molar-refractivity contribution in [1.29, 1.82) is 0 Å². The lowest BCUT2D eigenvalue weighted by Crippen LogP contribution is -2.21. The van der Waals surface area contributed by atoms with Crippen molar-refractivity contribution in [2.75, 3.05) is 5.32 Å². The van der Waals surface area contributed by atoms with Gasteiger partial charge in [0.15, 0.2) is 5.13 Å². The van der Waals surface area contributed by atoms with Crippen LogP contribution in [-0.2, 0) is 9.59 Å². The van der Waals surface area contributed by atoms with Gasteiger partial charge in [0.1, 0.15) is 0 Å². The Morgan fingerprint density at radius 1 is 1.62 bits per heavy atom. The maximum atomic E-state index is 11.5. The molecule has 1 aromatic rings. The van der Waals surface area contributed by atoms with Crippen molar-refractivity contribution in [2.45, 2.75) is 11.7 Å². The van der Waals surface area contributed by atoms with Gasteiger partial charge in [-0.3, -0.25) is 9.59 Å². The minimum absolute atomic E-state index is 0.0572. The summed E-state index contributed by atoms with van der Waals surface area (Å²) in [5, 5.41) is 14.3. The highest BCUT2D eigenvalue weighted by Crippen LogP contribution is 2.23. The molecule has 8 heteroatoms. The summed E-state index contributed by atoms with van der Waals surface area (Å²) >= 11 is 2.07. The van der Waals surface area contributed by atoms with Gasteiger partial charge >= 0.3 is 0 Å². The zero-order valence-electron chi connectivity index (χ0n) is 7.87. The highest BCUT2D eigenvalue weighted by molar-refractivity contribution is 8.14. The number of aliphatic imine (C=N–C) groups is 1. The number of thioether (sulfide) groups is 1. The van der Waals surface area contributed by atoms with Crippen LogP contribution < -0.4 is 10.4 Å². The average Bonchev–Trinajstić information content (AvgIpc) is 2.78. The van der Waals surface area contributed by atoms with Crippen LogP contribution in [0.2, 0.25) is 0 Å². The molecule has 2 amide bonds. The van der Waals surface area contributed by atoms with Crippen molar-refractivity contribution in [1.82, 2.24) is 4.98 Å². The monoisotopic (exact) mass is 256 g/mol. The van der Waals surface area contributed by atoms with E-state index in [2.05, 4.69) is 15.3 Å². The molecule has 1 N–H and O–H groups in total. The molecule has 0 radical (unpaired) electrons. The maximum absolute atomic E-state index is 11.5. The smallest absolute Gasteiger partial charge is 0.259 e. The molecular weight excluding hydrogens is 250 g/mol. The van der Waals surface area contributed by atoms with Gasteiger partial charge in [-0.2, -0.15) is 0 Å². The Balaban J connectivity index is 1.87. The zero-order chi connectivity index (χ0) is 11.5. The molecule has 0 saturated heterocycles. The lowest BCUT2D eigenvalue weighted by Gasteiger charge is -2.07. The van der Waals surface area contributed by atoms with Gasteiger partial charge in [-0.25, -0.2) is 9.98 Å². The Bertz CT molecular complexity index is 443. The van der Waals surface area contributed by atoms with Gasteiger partial charge in [-0.05, 0) is 0 Å². The predicted octanol–water partition coefficient (Wildman–Crippen LogP) is -0.170. The first-order valence-corrected chi connectivity index (χ1v) is 6.06. The molecule has 0 unspecified atom stereocenters. The van der Waals surface area contributed by atoms with Crippen LogP contribution in [-0.4, -0.2) is 27.3 Å². The molecule has 0 aliphatic carbocycles. The summed E-state index contributed by atoms with van der Waals surface area (Å²) in [6.45, 7) is 0. The first-order valence-electron chi connectivity index (χ1n) is 4.30. The average molecular weight is 256 g/mol. The molecule has 0 aromatic carbocycles. The first-order chi connectivity index (χ1) is 7.65. The number of nitrogens with zero attached hydrogens (tertiary/aromatic N) is 2.